The molecule has 1 heterocycles. The lowest BCUT2D eigenvalue weighted by molar-refractivity contribution is -0.132. The van der Waals surface area contributed by atoms with Gasteiger partial charge >= 0.3 is 0 Å². The summed E-state index contributed by atoms with van der Waals surface area (Å²) < 4.78 is 5.73. The second-order valence-electron chi connectivity index (χ2n) is 6.56. The van der Waals surface area contributed by atoms with Crippen molar-refractivity contribution >= 4 is 5.91 Å². The Morgan fingerprint density at radius 2 is 1.76 bits per heavy atom. The van der Waals surface area contributed by atoms with E-state index in [1.54, 1.807) is 0 Å². The predicted octanol–water partition coefficient (Wildman–Crippen LogP) is 2.98. The van der Waals surface area contributed by atoms with E-state index < -0.39 is 0 Å². The smallest absolute Gasteiger partial charge is 0.249 e. The summed E-state index contributed by atoms with van der Waals surface area (Å²) in [5.74, 6) is -0.0298. The number of hydrogen-bond acceptors (Lipinski definition) is 3. The molecule has 3 N–H and O–H groups in total. The molecule has 1 amide bonds. The quantitative estimate of drug-likeness (QED) is 0.816. The Morgan fingerprint density at radius 1 is 1.08 bits per heavy atom. The topological polar surface area (TPSA) is 64.4 Å². The Balaban J connectivity index is 1.65. The van der Waals surface area contributed by atoms with Crippen molar-refractivity contribution < 1.29 is 9.53 Å². The molecular formula is C21H26N2O2. The second-order valence-corrected chi connectivity index (χ2v) is 6.56. The number of rotatable bonds is 7. The van der Waals surface area contributed by atoms with Crippen LogP contribution in [0.2, 0.25) is 0 Å². The molecule has 0 bridgehead atoms. The van der Waals surface area contributed by atoms with Crippen molar-refractivity contribution in [3.63, 3.8) is 0 Å². The fourth-order valence-electron chi connectivity index (χ4n) is 3.30. The first-order valence-corrected chi connectivity index (χ1v) is 9.01. The molecule has 1 aliphatic heterocycles. The van der Waals surface area contributed by atoms with Crippen LogP contribution < -0.4 is 11.1 Å². The zero-order valence-corrected chi connectivity index (χ0v) is 14.4. The van der Waals surface area contributed by atoms with Crippen LogP contribution in [0.5, 0.6) is 0 Å². The maximum atomic E-state index is 12.6. The summed E-state index contributed by atoms with van der Waals surface area (Å²) in [4.78, 5) is 12.6. The van der Waals surface area contributed by atoms with Gasteiger partial charge in [0, 0.05) is 6.54 Å². The number of aryl methyl sites for hydroxylation is 1. The summed E-state index contributed by atoms with van der Waals surface area (Å²) in [5, 5.41) is 3.19. The van der Waals surface area contributed by atoms with E-state index in [0.717, 1.165) is 31.2 Å². The molecule has 0 saturated carbocycles. The average molecular weight is 338 g/mol. The average Bonchev–Trinajstić information content (AvgIpc) is 3.16. The van der Waals surface area contributed by atoms with Gasteiger partial charge in [0.05, 0.1) is 12.1 Å². The van der Waals surface area contributed by atoms with Crippen molar-refractivity contribution in [2.24, 2.45) is 5.73 Å². The van der Waals surface area contributed by atoms with Crippen molar-refractivity contribution in [3.05, 3.63) is 71.8 Å². The van der Waals surface area contributed by atoms with Crippen LogP contribution in [0, 0.1) is 0 Å². The number of carbonyl (C=O) groups excluding carboxylic acids is 1. The van der Waals surface area contributed by atoms with Gasteiger partial charge in [0.1, 0.15) is 6.10 Å². The standard InChI is InChI=1S/C21H26N2O2/c22-15-18-12-14-20(25-18)21(24)23-19(17-9-5-2-6-10-17)13-11-16-7-3-1-4-8-16/h1-10,18-20H,11-15,22H2,(H,23,24)/t18-,19?,20+/m1/s1. The van der Waals surface area contributed by atoms with E-state index in [1.807, 2.05) is 36.4 Å². The van der Waals surface area contributed by atoms with Crippen LogP contribution in [-0.4, -0.2) is 24.7 Å². The fraction of sp³-hybridized carbons (Fsp3) is 0.381. The van der Waals surface area contributed by atoms with Gasteiger partial charge in [-0.15, -0.1) is 0 Å². The molecule has 2 aromatic rings. The highest BCUT2D eigenvalue weighted by molar-refractivity contribution is 5.81. The van der Waals surface area contributed by atoms with Gasteiger partial charge < -0.3 is 15.8 Å². The lowest BCUT2D eigenvalue weighted by atomic mass is 9.98. The van der Waals surface area contributed by atoms with Gasteiger partial charge in [-0.05, 0) is 36.8 Å². The predicted molar refractivity (Wildman–Crippen MR) is 99.0 cm³/mol. The summed E-state index contributed by atoms with van der Waals surface area (Å²) in [6.07, 6.45) is 3.00. The van der Waals surface area contributed by atoms with Gasteiger partial charge in [0.2, 0.25) is 5.91 Å². The number of amides is 1. The first kappa shape index (κ1) is 17.6. The Morgan fingerprint density at radius 3 is 2.40 bits per heavy atom. The summed E-state index contributed by atoms with van der Waals surface area (Å²) in [7, 11) is 0. The Hall–Kier alpha value is -2.17. The van der Waals surface area contributed by atoms with Gasteiger partial charge in [0.25, 0.3) is 0 Å². The van der Waals surface area contributed by atoms with Gasteiger partial charge in [-0.2, -0.15) is 0 Å². The van der Waals surface area contributed by atoms with E-state index in [2.05, 4.69) is 29.6 Å². The van der Waals surface area contributed by atoms with Crippen LogP contribution in [0.1, 0.15) is 36.4 Å². The van der Waals surface area contributed by atoms with Crippen LogP contribution in [0.25, 0.3) is 0 Å². The molecule has 25 heavy (non-hydrogen) atoms. The molecule has 1 aliphatic rings. The summed E-state index contributed by atoms with van der Waals surface area (Å²) in [6, 6.07) is 20.5. The molecule has 1 fully saturated rings. The third-order valence-corrected chi connectivity index (χ3v) is 4.75. The first-order valence-electron chi connectivity index (χ1n) is 9.01. The third kappa shape index (κ3) is 4.91. The maximum Gasteiger partial charge on any atom is 0.249 e. The fourth-order valence-corrected chi connectivity index (χ4v) is 3.30. The molecule has 3 rings (SSSR count). The molecule has 2 aromatic carbocycles. The zero-order valence-electron chi connectivity index (χ0n) is 14.4. The SMILES string of the molecule is NC[C@H]1CC[C@@H](C(=O)NC(CCc2ccccc2)c2ccccc2)O1. The van der Waals surface area contributed by atoms with E-state index in [0.29, 0.717) is 6.54 Å². The minimum absolute atomic E-state index is 0.00949. The van der Waals surface area contributed by atoms with Crippen LogP contribution in [0.4, 0.5) is 0 Å². The van der Waals surface area contributed by atoms with Crippen molar-refractivity contribution in [2.45, 2.75) is 43.9 Å². The Labute approximate surface area is 149 Å². The molecular weight excluding hydrogens is 312 g/mol. The van der Waals surface area contributed by atoms with Crippen LogP contribution in [-0.2, 0) is 16.0 Å². The van der Waals surface area contributed by atoms with Gasteiger partial charge in [-0.3, -0.25) is 4.79 Å². The number of nitrogens with two attached hydrogens (primary N) is 1. The lowest BCUT2D eigenvalue weighted by Gasteiger charge is -2.22. The van der Waals surface area contributed by atoms with Crippen LogP contribution in [0.3, 0.4) is 0 Å². The van der Waals surface area contributed by atoms with Gasteiger partial charge in [-0.1, -0.05) is 60.7 Å². The molecule has 3 atom stereocenters. The normalized spacial score (nSPS) is 21.0. The lowest BCUT2D eigenvalue weighted by Crippen LogP contribution is -2.38. The summed E-state index contributed by atoms with van der Waals surface area (Å²) >= 11 is 0. The first-order chi connectivity index (χ1) is 12.3. The largest absolute Gasteiger partial charge is 0.364 e. The van der Waals surface area contributed by atoms with Crippen LogP contribution >= 0.6 is 0 Å². The number of benzene rings is 2. The highest BCUT2D eigenvalue weighted by Gasteiger charge is 2.31. The zero-order chi connectivity index (χ0) is 17.5. The summed E-state index contributed by atoms with van der Waals surface area (Å²) in [5.41, 5.74) is 8.04. The second kappa shape index (κ2) is 8.79. The van der Waals surface area contributed by atoms with E-state index in [9.17, 15) is 4.79 Å². The Bertz CT molecular complexity index is 660. The highest BCUT2D eigenvalue weighted by atomic mass is 16.5. The molecule has 1 unspecified atom stereocenters. The van der Waals surface area contributed by atoms with E-state index in [-0.39, 0.29) is 24.2 Å². The number of nitrogens with one attached hydrogen (secondary N) is 1. The molecule has 0 spiro atoms. The third-order valence-electron chi connectivity index (χ3n) is 4.75. The van der Waals surface area contributed by atoms with Crippen LogP contribution in [0.15, 0.2) is 60.7 Å². The molecule has 0 aliphatic carbocycles. The minimum atomic E-state index is -0.378. The molecule has 132 valence electrons. The van der Waals surface area contributed by atoms with E-state index in [4.69, 9.17) is 10.5 Å². The van der Waals surface area contributed by atoms with Crippen molar-refractivity contribution in [2.75, 3.05) is 6.54 Å². The van der Waals surface area contributed by atoms with Gasteiger partial charge in [-0.25, -0.2) is 0 Å². The van der Waals surface area contributed by atoms with E-state index in [1.165, 1.54) is 5.56 Å². The maximum absolute atomic E-state index is 12.6. The number of ether oxygens (including phenoxy) is 1. The summed E-state index contributed by atoms with van der Waals surface area (Å²) in [6.45, 7) is 0.472. The Kier molecular flexibility index (Phi) is 6.20. The monoisotopic (exact) mass is 338 g/mol. The number of hydrogen-bond donors (Lipinski definition) is 2. The number of carbonyl (C=O) groups is 1. The molecule has 4 nitrogen and oxygen atoms in total. The molecule has 0 radical (unpaired) electrons. The van der Waals surface area contributed by atoms with Crippen molar-refractivity contribution in [1.29, 1.82) is 0 Å². The molecule has 1 saturated heterocycles. The molecule has 0 aromatic heterocycles. The van der Waals surface area contributed by atoms with E-state index >= 15 is 0 Å². The van der Waals surface area contributed by atoms with Crippen molar-refractivity contribution in [1.82, 2.24) is 5.32 Å². The minimum Gasteiger partial charge on any atom is -0.364 e. The van der Waals surface area contributed by atoms with Crippen molar-refractivity contribution in [3.8, 4) is 0 Å². The molecule has 4 heteroatoms. The highest BCUT2D eigenvalue weighted by Crippen LogP contribution is 2.23. The van der Waals surface area contributed by atoms with Gasteiger partial charge in [0.15, 0.2) is 0 Å².